The third kappa shape index (κ3) is 3.24. The zero-order valence-electron chi connectivity index (χ0n) is 14.5. The fourth-order valence-corrected chi connectivity index (χ4v) is 3.12. The number of hydrogen-bond acceptors (Lipinski definition) is 1. The number of hydrogen-bond donors (Lipinski definition) is 0. The molecule has 5 heteroatoms. The van der Waals surface area contributed by atoms with E-state index >= 15 is 0 Å². The highest BCUT2D eigenvalue weighted by Gasteiger charge is 2.19. The molecule has 0 atom stereocenters. The van der Waals surface area contributed by atoms with Crippen molar-refractivity contribution in [2.75, 3.05) is 0 Å². The van der Waals surface area contributed by atoms with Crippen LogP contribution in [0.2, 0.25) is 0 Å². The number of benzene rings is 3. The summed E-state index contributed by atoms with van der Waals surface area (Å²) in [6.45, 7) is 1.89. The molecule has 0 spiro atoms. The van der Waals surface area contributed by atoms with Gasteiger partial charge in [-0.05, 0) is 73.7 Å². The van der Waals surface area contributed by atoms with Crippen molar-refractivity contribution in [1.29, 1.82) is 0 Å². The largest absolute Gasteiger partial charge is 0.232 e. The molecule has 0 saturated carbocycles. The third-order valence-corrected chi connectivity index (χ3v) is 4.41. The van der Waals surface area contributed by atoms with Gasteiger partial charge in [0.2, 0.25) is 0 Å². The Bertz CT molecular complexity index is 1100. The summed E-state index contributed by atoms with van der Waals surface area (Å²) in [5.74, 6) is -1.05. The molecular weight excluding hydrogens is 349 g/mol. The smallest absolute Gasteiger partial charge is 0.125 e. The summed E-state index contributed by atoms with van der Waals surface area (Å²) in [5, 5.41) is 4.65. The molecule has 0 N–H and O–H groups in total. The molecule has 0 fully saturated rings. The van der Waals surface area contributed by atoms with Crippen molar-refractivity contribution < 1.29 is 13.2 Å². The average molecular weight is 364 g/mol. The van der Waals surface area contributed by atoms with Crippen LogP contribution in [0.5, 0.6) is 0 Å². The van der Waals surface area contributed by atoms with Crippen molar-refractivity contribution >= 4 is 0 Å². The van der Waals surface area contributed by atoms with Crippen molar-refractivity contribution in [2.45, 2.75) is 6.92 Å². The number of aromatic nitrogens is 2. The molecule has 3 aromatic carbocycles. The van der Waals surface area contributed by atoms with Crippen LogP contribution in [-0.2, 0) is 0 Å². The number of halogens is 3. The monoisotopic (exact) mass is 364 g/mol. The summed E-state index contributed by atoms with van der Waals surface area (Å²) in [7, 11) is 0. The van der Waals surface area contributed by atoms with Crippen LogP contribution in [0.15, 0.2) is 72.8 Å². The van der Waals surface area contributed by atoms with Crippen molar-refractivity contribution in [1.82, 2.24) is 9.78 Å². The Morgan fingerprint density at radius 2 is 1.30 bits per heavy atom. The van der Waals surface area contributed by atoms with Gasteiger partial charge in [-0.25, -0.2) is 17.9 Å². The molecule has 4 aromatic rings. The van der Waals surface area contributed by atoms with Crippen LogP contribution in [0, 0.1) is 24.4 Å². The average Bonchev–Trinajstić information content (AvgIpc) is 3.00. The van der Waals surface area contributed by atoms with Gasteiger partial charge in [-0.2, -0.15) is 5.10 Å². The Kier molecular flexibility index (Phi) is 4.28. The molecule has 0 aliphatic carbocycles. The second-order valence-corrected chi connectivity index (χ2v) is 6.23. The van der Waals surface area contributed by atoms with E-state index in [9.17, 15) is 13.2 Å². The topological polar surface area (TPSA) is 17.8 Å². The zero-order valence-corrected chi connectivity index (χ0v) is 14.5. The maximum atomic E-state index is 13.8. The van der Waals surface area contributed by atoms with Gasteiger partial charge in [0.25, 0.3) is 0 Å². The Labute approximate surface area is 154 Å². The summed E-state index contributed by atoms with van der Waals surface area (Å²) in [4.78, 5) is 0. The molecule has 1 aromatic heterocycles. The fraction of sp³-hybridized carbons (Fsp3) is 0.0455. The van der Waals surface area contributed by atoms with E-state index in [1.54, 1.807) is 41.1 Å². The molecule has 27 heavy (non-hydrogen) atoms. The Balaban J connectivity index is 1.97. The van der Waals surface area contributed by atoms with Gasteiger partial charge in [0, 0.05) is 16.7 Å². The lowest BCUT2D eigenvalue weighted by molar-refractivity contribution is 0.625. The minimum atomic E-state index is -0.381. The minimum absolute atomic E-state index is 0.334. The van der Waals surface area contributed by atoms with Gasteiger partial charge >= 0.3 is 0 Å². The van der Waals surface area contributed by atoms with Crippen LogP contribution < -0.4 is 0 Å². The molecule has 0 aliphatic heterocycles. The van der Waals surface area contributed by atoms with Crippen LogP contribution in [0.25, 0.3) is 28.2 Å². The summed E-state index contributed by atoms with van der Waals surface area (Å²) in [6.07, 6.45) is 0. The van der Waals surface area contributed by atoms with Gasteiger partial charge in [-0.15, -0.1) is 0 Å². The van der Waals surface area contributed by atoms with Crippen LogP contribution >= 0.6 is 0 Å². The van der Waals surface area contributed by atoms with E-state index in [0.29, 0.717) is 11.4 Å². The van der Waals surface area contributed by atoms with Crippen LogP contribution in [0.1, 0.15) is 5.56 Å². The van der Waals surface area contributed by atoms with E-state index in [-0.39, 0.29) is 17.5 Å². The van der Waals surface area contributed by atoms with Crippen LogP contribution in [0.4, 0.5) is 13.2 Å². The van der Waals surface area contributed by atoms with Gasteiger partial charge in [0.05, 0.1) is 17.1 Å². The van der Waals surface area contributed by atoms with Crippen molar-refractivity contribution in [3.05, 3.63) is 95.8 Å². The zero-order chi connectivity index (χ0) is 19.0. The maximum Gasteiger partial charge on any atom is 0.125 e. The lowest BCUT2D eigenvalue weighted by Crippen LogP contribution is -2.00. The number of rotatable bonds is 3. The van der Waals surface area contributed by atoms with E-state index in [0.717, 1.165) is 22.4 Å². The van der Waals surface area contributed by atoms with Gasteiger partial charge in [-0.1, -0.05) is 6.07 Å². The molecule has 0 aliphatic rings. The molecular formula is C22H15F3N2. The third-order valence-electron chi connectivity index (χ3n) is 4.41. The fourth-order valence-electron chi connectivity index (χ4n) is 3.12. The van der Waals surface area contributed by atoms with E-state index in [4.69, 9.17) is 0 Å². The van der Waals surface area contributed by atoms with Crippen molar-refractivity contribution in [3.8, 4) is 28.2 Å². The quantitative estimate of drug-likeness (QED) is 0.440. The molecule has 0 radical (unpaired) electrons. The second-order valence-electron chi connectivity index (χ2n) is 6.23. The first-order chi connectivity index (χ1) is 13.0. The number of nitrogens with zero attached hydrogens (tertiary/aromatic N) is 2. The van der Waals surface area contributed by atoms with E-state index < -0.39 is 0 Å². The maximum absolute atomic E-state index is 13.8. The molecule has 0 saturated heterocycles. The molecule has 0 bridgehead atoms. The van der Waals surface area contributed by atoms with Gasteiger partial charge in [0.1, 0.15) is 17.5 Å². The molecule has 0 unspecified atom stereocenters. The highest BCUT2D eigenvalue weighted by molar-refractivity contribution is 5.75. The van der Waals surface area contributed by atoms with E-state index in [1.165, 1.54) is 36.4 Å². The molecule has 134 valence electrons. The summed E-state index contributed by atoms with van der Waals surface area (Å²) >= 11 is 0. The standard InChI is InChI=1S/C22H15F3N2/c1-14-21(15-5-9-17(23)10-6-15)26-27(20-4-2-3-19(25)13-20)22(14)16-7-11-18(24)12-8-16/h2-13H,1H3. The molecule has 1 heterocycles. The second kappa shape index (κ2) is 6.76. The Morgan fingerprint density at radius 1 is 0.704 bits per heavy atom. The minimum Gasteiger partial charge on any atom is -0.232 e. The Hall–Kier alpha value is -3.34. The summed E-state index contributed by atoms with van der Waals surface area (Å²) in [6, 6.07) is 18.2. The predicted octanol–water partition coefficient (Wildman–Crippen LogP) is 5.93. The lowest BCUT2D eigenvalue weighted by atomic mass is 10.0. The van der Waals surface area contributed by atoms with Gasteiger partial charge in [-0.3, -0.25) is 0 Å². The highest BCUT2D eigenvalue weighted by atomic mass is 19.1. The van der Waals surface area contributed by atoms with Crippen LogP contribution in [0.3, 0.4) is 0 Å². The first-order valence-corrected chi connectivity index (χ1v) is 8.40. The normalized spacial score (nSPS) is 11.0. The molecule has 2 nitrogen and oxygen atoms in total. The van der Waals surface area contributed by atoms with Gasteiger partial charge < -0.3 is 0 Å². The Morgan fingerprint density at radius 3 is 1.89 bits per heavy atom. The summed E-state index contributed by atoms with van der Waals surface area (Å²) in [5.41, 5.74) is 4.24. The predicted molar refractivity (Wildman–Crippen MR) is 99.0 cm³/mol. The lowest BCUT2D eigenvalue weighted by Gasteiger charge is -2.09. The van der Waals surface area contributed by atoms with E-state index in [1.807, 2.05) is 6.92 Å². The molecule has 4 rings (SSSR count). The SMILES string of the molecule is Cc1c(-c2ccc(F)cc2)nn(-c2cccc(F)c2)c1-c1ccc(F)cc1. The first-order valence-electron chi connectivity index (χ1n) is 8.40. The highest BCUT2D eigenvalue weighted by Crippen LogP contribution is 2.34. The van der Waals surface area contributed by atoms with Gasteiger partial charge in [0.15, 0.2) is 0 Å². The van der Waals surface area contributed by atoms with Crippen molar-refractivity contribution in [3.63, 3.8) is 0 Å². The van der Waals surface area contributed by atoms with Crippen LogP contribution in [-0.4, -0.2) is 9.78 Å². The van der Waals surface area contributed by atoms with Crippen molar-refractivity contribution in [2.24, 2.45) is 0 Å². The summed E-state index contributed by atoms with van der Waals surface area (Å²) < 4.78 is 42.1. The van der Waals surface area contributed by atoms with E-state index in [2.05, 4.69) is 5.10 Å². The first kappa shape index (κ1) is 17.1. The molecule has 0 amide bonds.